The first-order valence-corrected chi connectivity index (χ1v) is 6.53. The maximum atomic E-state index is 11.2. The Kier molecular flexibility index (Phi) is 4.68. The third kappa shape index (κ3) is 3.33. The smallest absolute Gasteiger partial charge is 0.239 e. The molecule has 0 spiro atoms. The standard InChI is InChI=1S/C15H18N4O/c1-2-19(12-6-4-3-5-7-12)13-8-9-14(17-11-13)18-15(20)10-16/h3-9,11H,2,10,16H2,1H3,(H,17,18,20). The lowest BCUT2D eigenvalue weighted by molar-refractivity contribution is -0.114. The summed E-state index contributed by atoms with van der Waals surface area (Å²) in [7, 11) is 0. The highest BCUT2D eigenvalue weighted by Crippen LogP contribution is 2.24. The number of carbonyl (C=O) groups is 1. The molecule has 104 valence electrons. The fraction of sp³-hybridized carbons (Fsp3) is 0.200. The van der Waals surface area contributed by atoms with E-state index in [1.807, 2.05) is 36.4 Å². The molecule has 1 heterocycles. The number of nitrogens with one attached hydrogen (secondary N) is 1. The van der Waals surface area contributed by atoms with Gasteiger partial charge in [-0.3, -0.25) is 4.79 Å². The Morgan fingerprint density at radius 2 is 1.95 bits per heavy atom. The number of para-hydroxylation sites is 1. The van der Waals surface area contributed by atoms with Gasteiger partial charge in [-0.15, -0.1) is 0 Å². The van der Waals surface area contributed by atoms with Crippen LogP contribution in [-0.2, 0) is 4.79 Å². The highest BCUT2D eigenvalue weighted by atomic mass is 16.1. The van der Waals surface area contributed by atoms with Crippen molar-refractivity contribution in [3.8, 4) is 0 Å². The van der Waals surface area contributed by atoms with E-state index >= 15 is 0 Å². The molecule has 0 fully saturated rings. The number of nitrogens with zero attached hydrogens (tertiary/aromatic N) is 2. The van der Waals surface area contributed by atoms with Gasteiger partial charge in [0.25, 0.3) is 0 Å². The van der Waals surface area contributed by atoms with E-state index in [2.05, 4.69) is 22.1 Å². The summed E-state index contributed by atoms with van der Waals surface area (Å²) < 4.78 is 0. The minimum atomic E-state index is -0.249. The number of hydrogen-bond donors (Lipinski definition) is 2. The molecule has 0 saturated heterocycles. The van der Waals surface area contributed by atoms with Crippen LogP contribution in [0.25, 0.3) is 0 Å². The minimum absolute atomic E-state index is 0.0471. The lowest BCUT2D eigenvalue weighted by Gasteiger charge is -2.23. The number of pyridine rings is 1. The van der Waals surface area contributed by atoms with Gasteiger partial charge in [0.05, 0.1) is 18.4 Å². The van der Waals surface area contributed by atoms with Crippen LogP contribution in [0.3, 0.4) is 0 Å². The highest BCUT2D eigenvalue weighted by Gasteiger charge is 2.07. The first-order valence-electron chi connectivity index (χ1n) is 6.53. The minimum Gasteiger partial charge on any atom is -0.341 e. The molecule has 0 radical (unpaired) electrons. The second-order valence-electron chi connectivity index (χ2n) is 4.23. The van der Waals surface area contributed by atoms with Crippen molar-refractivity contribution in [2.24, 2.45) is 5.73 Å². The van der Waals surface area contributed by atoms with Gasteiger partial charge in [-0.1, -0.05) is 18.2 Å². The Hall–Kier alpha value is -2.40. The van der Waals surface area contributed by atoms with Crippen molar-refractivity contribution in [3.63, 3.8) is 0 Å². The molecule has 0 saturated carbocycles. The van der Waals surface area contributed by atoms with Crippen LogP contribution in [0.1, 0.15) is 6.92 Å². The zero-order chi connectivity index (χ0) is 14.4. The number of hydrogen-bond acceptors (Lipinski definition) is 4. The molecule has 20 heavy (non-hydrogen) atoms. The summed E-state index contributed by atoms with van der Waals surface area (Å²) in [5.41, 5.74) is 7.33. The van der Waals surface area contributed by atoms with Gasteiger partial charge in [-0.25, -0.2) is 4.98 Å². The Morgan fingerprint density at radius 3 is 2.50 bits per heavy atom. The molecule has 0 aliphatic carbocycles. The summed E-state index contributed by atoms with van der Waals surface area (Å²) in [5.74, 6) is 0.258. The van der Waals surface area contributed by atoms with Gasteiger partial charge in [-0.05, 0) is 31.2 Å². The van der Waals surface area contributed by atoms with Gasteiger partial charge < -0.3 is 16.0 Å². The number of rotatable bonds is 5. The van der Waals surface area contributed by atoms with E-state index in [-0.39, 0.29) is 12.5 Å². The molecule has 0 aliphatic rings. The van der Waals surface area contributed by atoms with Gasteiger partial charge in [0.15, 0.2) is 0 Å². The van der Waals surface area contributed by atoms with Gasteiger partial charge in [0.2, 0.25) is 5.91 Å². The van der Waals surface area contributed by atoms with Crippen molar-refractivity contribution in [1.82, 2.24) is 4.98 Å². The highest BCUT2D eigenvalue weighted by molar-refractivity contribution is 5.91. The molecule has 5 nitrogen and oxygen atoms in total. The van der Waals surface area contributed by atoms with Crippen LogP contribution in [0.4, 0.5) is 17.2 Å². The first-order chi connectivity index (χ1) is 9.74. The summed E-state index contributed by atoms with van der Waals surface area (Å²) in [6, 6.07) is 13.8. The summed E-state index contributed by atoms with van der Waals surface area (Å²) >= 11 is 0. The van der Waals surface area contributed by atoms with Crippen molar-refractivity contribution in [1.29, 1.82) is 0 Å². The maximum absolute atomic E-state index is 11.2. The number of nitrogens with two attached hydrogens (primary N) is 1. The molecule has 2 rings (SSSR count). The number of carbonyl (C=O) groups excluding carboxylic acids is 1. The molecule has 5 heteroatoms. The average Bonchev–Trinajstić information content (AvgIpc) is 2.50. The zero-order valence-electron chi connectivity index (χ0n) is 11.4. The largest absolute Gasteiger partial charge is 0.341 e. The van der Waals surface area contributed by atoms with Crippen LogP contribution in [0.5, 0.6) is 0 Å². The quantitative estimate of drug-likeness (QED) is 0.873. The van der Waals surface area contributed by atoms with Crippen molar-refractivity contribution in [2.75, 3.05) is 23.3 Å². The Balaban J connectivity index is 2.18. The van der Waals surface area contributed by atoms with Gasteiger partial charge in [-0.2, -0.15) is 0 Å². The first kappa shape index (κ1) is 14.0. The predicted octanol–water partition coefficient (Wildman–Crippen LogP) is 2.14. The third-order valence-corrected chi connectivity index (χ3v) is 2.90. The number of benzene rings is 1. The molecule has 0 unspecified atom stereocenters. The van der Waals surface area contributed by atoms with Gasteiger partial charge >= 0.3 is 0 Å². The van der Waals surface area contributed by atoms with Gasteiger partial charge in [0.1, 0.15) is 5.82 Å². The number of amides is 1. The fourth-order valence-corrected chi connectivity index (χ4v) is 1.94. The Morgan fingerprint density at radius 1 is 1.20 bits per heavy atom. The molecule has 1 aromatic carbocycles. The predicted molar refractivity (Wildman–Crippen MR) is 81.0 cm³/mol. The van der Waals surface area contributed by atoms with Crippen LogP contribution in [0, 0.1) is 0 Å². The summed E-state index contributed by atoms with van der Waals surface area (Å²) in [6.45, 7) is 2.87. The molecule has 0 atom stereocenters. The Labute approximate surface area is 118 Å². The number of aromatic nitrogens is 1. The summed E-state index contributed by atoms with van der Waals surface area (Å²) in [6.07, 6.45) is 1.74. The topological polar surface area (TPSA) is 71.2 Å². The molecular formula is C15H18N4O. The van der Waals surface area contributed by atoms with E-state index in [1.165, 1.54) is 0 Å². The van der Waals surface area contributed by atoms with Crippen molar-refractivity contribution in [2.45, 2.75) is 6.92 Å². The summed E-state index contributed by atoms with van der Waals surface area (Å²) in [5, 5.41) is 2.62. The van der Waals surface area contributed by atoms with E-state index in [0.717, 1.165) is 17.9 Å². The molecule has 2 aromatic rings. The SMILES string of the molecule is CCN(c1ccccc1)c1ccc(NC(=O)CN)nc1. The zero-order valence-corrected chi connectivity index (χ0v) is 11.4. The molecule has 1 aromatic heterocycles. The van der Waals surface area contributed by atoms with Crippen LogP contribution >= 0.6 is 0 Å². The average molecular weight is 270 g/mol. The van der Waals surface area contributed by atoms with E-state index < -0.39 is 0 Å². The second kappa shape index (κ2) is 6.68. The second-order valence-corrected chi connectivity index (χ2v) is 4.23. The van der Waals surface area contributed by atoms with Crippen LogP contribution in [0.15, 0.2) is 48.7 Å². The van der Waals surface area contributed by atoms with Crippen LogP contribution in [0.2, 0.25) is 0 Å². The van der Waals surface area contributed by atoms with E-state index in [0.29, 0.717) is 5.82 Å². The third-order valence-electron chi connectivity index (χ3n) is 2.90. The normalized spacial score (nSPS) is 10.1. The van der Waals surface area contributed by atoms with Crippen LogP contribution in [-0.4, -0.2) is 24.0 Å². The molecular weight excluding hydrogens is 252 g/mol. The molecule has 0 aliphatic heterocycles. The van der Waals surface area contributed by atoms with Crippen molar-refractivity contribution < 1.29 is 4.79 Å². The lowest BCUT2D eigenvalue weighted by atomic mass is 10.2. The van der Waals surface area contributed by atoms with E-state index in [4.69, 9.17) is 5.73 Å². The lowest BCUT2D eigenvalue weighted by Crippen LogP contribution is -2.22. The van der Waals surface area contributed by atoms with Crippen molar-refractivity contribution in [3.05, 3.63) is 48.7 Å². The fourth-order valence-electron chi connectivity index (χ4n) is 1.94. The number of anilines is 3. The molecule has 3 N–H and O–H groups in total. The monoisotopic (exact) mass is 270 g/mol. The van der Waals surface area contributed by atoms with E-state index in [9.17, 15) is 4.79 Å². The van der Waals surface area contributed by atoms with Gasteiger partial charge in [0, 0.05) is 12.2 Å². The van der Waals surface area contributed by atoms with Crippen molar-refractivity contribution >= 4 is 23.1 Å². The van der Waals surface area contributed by atoms with E-state index in [1.54, 1.807) is 12.3 Å². The molecule has 1 amide bonds. The Bertz CT molecular complexity index is 554. The summed E-state index contributed by atoms with van der Waals surface area (Å²) in [4.78, 5) is 17.6. The molecule has 0 bridgehead atoms. The maximum Gasteiger partial charge on any atom is 0.239 e. The van der Waals surface area contributed by atoms with Crippen LogP contribution < -0.4 is 16.0 Å².